The second kappa shape index (κ2) is 7.48. The lowest BCUT2D eigenvalue weighted by Crippen LogP contribution is -2.22. The third-order valence-corrected chi connectivity index (χ3v) is 5.31. The number of fused-ring (bicyclic) bond motifs is 1. The maximum atomic E-state index is 13.8. The second-order valence-electron chi connectivity index (χ2n) is 6.22. The minimum atomic E-state index is -0.430. The van der Waals surface area contributed by atoms with Crippen LogP contribution in [0.1, 0.15) is 30.0 Å². The Kier molecular flexibility index (Phi) is 5.30. The smallest absolute Gasteiger partial charge is 0.250 e. The normalized spacial score (nSPS) is 14.7. The molecule has 0 saturated heterocycles. The molecule has 0 aliphatic heterocycles. The van der Waals surface area contributed by atoms with Gasteiger partial charge in [0.25, 0.3) is 0 Å². The lowest BCUT2D eigenvalue weighted by molar-refractivity contribution is -0.157. The van der Waals surface area contributed by atoms with E-state index in [1.165, 1.54) is 24.1 Å². The first-order valence-corrected chi connectivity index (χ1v) is 9.44. The summed E-state index contributed by atoms with van der Waals surface area (Å²) in [5.41, 5.74) is 5.30. The van der Waals surface area contributed by atoms with Crippen molar-refractivity contribution in [1.82, 2.24) is 5.06 Å². The van der Waals surface area contributed by atoms with Crippen molar-refractivity contribution in [2.75, 3.05) is 13.3 Å². The summed E-state index contributed by atoms with van der Waals surface area (Å²) in [6.07, 6.45) is 4.11. The van der Waals surface area contributed by atoms with Crippen LogP contribution < -0.4 is 0 Å². The third kappa shape index (κ3) is 3.59. The highest BCUT2D eigenvalue weighted by atomic mass is 32.2. The summed E-state index contributed by atoms with van der Waals surface area (Å²) in [6, 6.07) is 12.8. The summed E-state index contributed by atoms with van der Waals surface area (Å²) in [6.45, 7) is 1.93. The molecule has 0 radical (unpaired) electrons. The quantitative estimate of drug-likeness (QED) is 0.462. The molecule has 0 spiro atoms. The SMILES string of the molecule is CSc1ccc(C=C2C(C)=C(CC(=O)N(C)O)c3cc(F)ccc32)cc1. The van der Waals surface area contributed by atoms with Gasteiger partial charge in [0.05, 0.1) is 6.42 Å². The molecule has 1 aliphatic carbocycles. The van der Waals surface area contributed by atoms with Crippen LogP contribution in [0.4, 0.5) is 4.39 Å². The van der Waals surface area contributed by atoms with Crippen LogP contribution in [0.5, 0.6) is 0 Å². The molecule has 26 heavy (non-hydrogen) atoms. The van der Waals surface area contributed by atoms with Crippen molar-refractivity contribution in [3.8, 4) is 0 Å². The summed E-state index contributed by atoms with van der Waals surface area (Å²) in [5.74, 6) is -0.774. The molecule has 0 saturated carbocycles. The first-order valence-electron chi connectivity index (χ1n) is 8.22. The van der Waals surface area contributed by atoms with Crippen molar-refractivity contribution in [2.45, 2.75) is 18.2 Å². The van der Waals surface area contributed by atoms with Gasteiger partial charge in [0, 0.05) is 11.9 Å². The first-order chi connectivity index (χ1) is 12.4. The Labute approximate surface area is 156 Å². The van der Waals surface area contributed by atoms with E-state index in [0.717, 1.165) is 27.8 Å². The van der Waals surface area contributed by atoms with Crippen LogP contribution in [-0.2, 0) is 4.79 Å². The number of allylic oxidation sites excluding steroid dienone is 2. The van der Waals surface area contributed by atoms with E-state index in [1.54, 1.807) is 17.8 Å². The number of carbonyl (C=O) groups is 1. The van der Waals surface area contributed by atoms with E-state index >= 15 is 0 Å². The van der Waals surface area contributed by atoms with Crippen LogP contribution in [0.2, 0.25) is 0 Å². The molecule has 5 heteroatoms. The van der Waals surface area contributed by atoms with Gasteiger partial charge in [0.2, 0.25) is 5.91 Å². The Morgan fingerprint density at radius 3 is 2.50 bits per heavy atom. The van der Waals surface area contributed by atoms with Gasteiger partial charge in [-0.15, -0.1) is 11.8 Å². The Morgan fingerprint density at radius 1 is 1.19 bits per heavy atom. The summed E-state index contributed by atoms with van der Waals surface area (Å²) in [7, 11) is 1.30. The number of nitrogens with zero attached hydrogens (tertiary/aromatic N) is 1. The molecule has 0 bridgehead atoms. The van der Waals surface area contributed by atoms with E-state index in [2.05, 4.69) is 18.2 Å². The molecule has 1 amide bonds. The number of carbonyl (C=O) groups excluding carboxylic acids is 1. The molecule has 134 valence electrons. The van der Waals surface area contributed by atoms with Crippen LogP contribution in [0.15, 0.2) is 52.9 Å². The maximum Gasteiger partial charge on any atom is 0.250 e. The molecule has 0 unspecified atom stereocenters. The zero-order chi connectivity index (χ0) is 18.8. The van der Waals surface area contributed by atoms with Gasteiger partial charge in [0.1, 0.15) is 5.82 Å². The van der Waals surface area contributed by atoms with Gasteiger partial charge in [-0.1, -0.05) is 18.2 Å². The molecule has 0 atom stereocenters. The third-order valence-electron chi connectivity index (χ3n) is 4.57. The molecule has 2 aromatic carbocycles. The monoisotopic (exact) mass is 369 g/mol. The molecule has 1 aliphatic rings. The number of hydroxylamine groups is 2. The van der Waals surface area contributed by atoms with Crippen LogP contribution in [0.25, 0.3) is 17.2 Å². The summed E-state index contributed by atoms with van der Waals surface area (Å²) in [5, 5.41) is 9.96. The Balaban J connectivity index is 2.08. The number of hydrogen-bond acceptors (Lipinski definition) is 3. The highest BCUT2D eigenvalue weighted by Gasteiger charge is 2.26. The number of rotatable bonds is 4. The largest absolute Gasteiger partial charge is 0.286 e. The minimum absolute atomic E-state index is 0.0258. The van der Waals surface area contributed by atoms with E-state index < -0.39 is 5.91 Å². The Bertz CT molecular complexity index is 914. The average molecular weight is 369 g/mol. The van der Waals surface area contributed by atoms with E-state index in [0.29, 0.717) is 10.6 Å². The molecule has 1 N–H and O–H groups in total. The second-order valence-corrected chi connectivity index (χ2v) is 7.10. The molecule has 3 rings (SSSR count). The zero-order valence-corrected chi connectivity index (χ0v) is 15.7. The molecular weight excluding hydrogens is 349 g/mol. The van der Waals surface area contributed by atoms with Gasteiger partial charge >= 0.3 is 0 Å². The Morgan fingerprint density at radius 2 is 1.88 bits per heavy atom. The summed E-state index contributed by atoms with van der Waals surface area (Å²) < 4.78 is 13.8. The van der Waals surface area contributed by atoms with E-state index in [1.807, 2.05) is 25.3 Å². The fourth-order valence-electron chi connectivity index (χ4n) is 3.11. The van der Waals surface area contributed by atoms with Crippen molar-refractivity contribution in [3.63, 3.8) is 0 Å². The molecule has 0 heterocycles. The zero-order valence-electron chi connectivity index (χ0n) is 14.9. The van der Waals surface area contributed by atoms with Crippen molar-refractivity contribution in [2.24, 2.45) is 0 Å². The van der Waals surface area contributed by atoms with Crippen LogP contribution in [0.3, 0.4) is 0 Å². The van der Waals surface area contributed by atoms with Gasteiger partial charge in [-0.3, -0.25) is 10.0 Å². The molecule has 0 aromatic heterocycles. The predicted molar refractivity (Wildman–Crippen MR) is 104 cm³/mol. The van der Waals surface area contributed by atoms with Crippen LogP contribution in [0, 0.1) is 5.82 Å². The molecular formula is C21H20FNO2S. The summed E-state index contributed by atoms with van der Waals surface area (Å²) in [4.78, 5) is 13.2. The highest BCUT2D eigenvalue weighted by molar-refractivity contribution is 7.98. The number of hydrogen-bond donors (Lipinski definition) is 1. The summed E-state index contributed by atoms with van der Waals surface area (Å²) >= 11 is 1.68. The Hall–Kier alpha value is -2.37. The van der Waals surface area contributed by atoms with Gasteiger partial charge in [-0.2, -0.15) is 0 Å². The van der Waals surface area contributed by atoms with Gasteiger partial charge < -0.3 is 0 Å². The topological polar surface area (TPSA) is 40.5 Å². The standard InChI is InChI=1S/C21H20FNO2S/c1-13-18(10-14-4-7-16(26-3)8-5-14)17-9-6-15(22)11-20(17)19(13)12-21(24)23(2)25/h4-11,25H,12H2,1-3H3. The average Bonchev–Trinajstić information content (AvgIpc) is 2.87. The first kappa shape index (κ1) is 18.4. The van der Waals surface area contributed by atoms with E-state index in [-0.39, 0.29) is 12.2 Å². The van der Waals surface area contributed by atoms with E-state index in [9.17, 15) is 14.4 Å². The van der Waals surface area contributed by atoms with Crippen LogP contribution >= 0.6 is 11.8 Å². The molecule has 0 fully saturated rings. The number of amides is 1. The number of thioether (sulfide) groups is 1. The molecule has 2 aromatic rings. The van der Waals surface area contributed by atoms with Crippen molar-refractivity contribution in [3.05, 3.63) is 70.5 Å². The van der Waals surface area contributed by atoms with Gasteiger partial charge in [-0.25, -0.2) is 9.45 Å². The fourth-order valence-corrected chi connectivity index (χ4v) is 3.52. The number of benzene rings is 2. The number of halogens is 1. The van der Waals surface area contributed by atoms with Crippen LogP contribution in [-0.4, -0.2) is 29.5 Å². The highest BCUT2D eigenvalue weighted by Crippen LogP contribution is 2.44. The van der Waals surface area contributed by atoms with Gasteiger partial charge in [-0.05, 0) is 76.9 Å². The fraction of sp³-hybridized carbons (Fsp3) is 0.190. The predicted octanol–water partition coefficient (Wildman–Crippen LogP) is 5.11. The van der Waals surface area contributed by atoms with Gasteiger partial charge in [0.15, 0.2) is 0 Å². The van der Waals surface area contributed by atoms with E-state index in [4.69, 9.17) is 0 Å². The minimum Gasteiger partial charge on any atom is -0.286 e. The lowest BCUT2D eigenvalue weighted by atomic mass is 10.0. The maximum absolute atomic E-state index is 13.8. The van der Waals surface area contributed by atoms with Crippen molar-refractivity contribution >= 4 is 34.9 Å². The molecule has 3 nitrogen and oxygen atoms in total. The van der Waals surface area contributed by atoms with Crippen molar-refractivity contribution < 1.29 is 14.4 Å². The lowest BCUT2D eigenvalue weighted by Gasteiger charge is -2.10. The van der Waals surface area contributed by atoms with Crippen molar-refractivity contribution in [1.29, 1.82) is 0 Å².